The normalized spacial score (nSPS) is 20.4. The Balaban J connectivity index is 1.55. The molecule has 1 unspecified atom stereocenters. The number of para-hydroxylation sites is 1. The predicted octanol–water partition coefficient (Wildman–Crippen LogP) is 5.18. The number of aromatic nitrogens is 1. The SMILES string of the molecule is Cc1cc(O)c(CN2CCCCC2C)c2c1C(=O)/C(=C/c1cn(C)c3ccccc13)O2. The summed E-state index contributed by atoms with van der Waals surface area (Å²) in [5.41, 5.74) is 4.08. The van der Waals surface area contributed by atoms with Crippen molar-refractivity contribution in [1.29, 1.82) is 0 Å². The number of piperidine rings is 1. The van der Waals surface area contributed by atoms with E-state index in [1.54, 1.807) is 6.07 Å². The Kier molecular flexibility index (Phi) is 4.86. The monoisotopic (exact) mass is 416 g/mol. The van der Waals surface area contributed by atoms with Gasteiger partial charge in [0.1, 0.15) is 11.5 Å². The summed E-state index contributed by atoms with van der Waals surface area (Å²) in [6.45, 7) is 5.66. The molecule has 1 fully saturated rings. The standard InChI is InChI=1S/C26H28N2O3/c1-16-12-22(29)20(15-28-11-7-6-8-17(28)2)26-24(16)25(30)23(31-26)13-18-14-27(3)21-10-5-4-9-19(18)21/h4-5,9-10,12-14,17,29H,6-8,11,15H2,1-3H3/b23-13-. The van der Waals surface area contributed by atoms with Crippen LogP contribution >= 0.6 is 0 Å². The fraction of sp³-hybridized carbons (Fsp3) is 0.346. The Morgan fingerprint density at radius 3 is 2.87 bits per heavy atom. The van der Waals surface area contributed by atoms with E-state index in [0.717, 1.165) is 41.4 Å². The van der Waals surface area contributed by atoms with E-state index in [1.165, 1.54) is 6.42 Å². The van der Waals surface area contributed by atoms with Gasteiger partial charge in [-0.15, -0.1) is 0 Å². The number of phenolic OH excluding ortho intramolecular Hbond substituents is 1. The second-order valence-electron chi connectivity index (χ2n) is 8.86. The summed E-state index contributed by atoms with van der Waals surface area (Å²) in [4.78, 5) is 15.7. The van der Waals surface area contributed by atoms with Crippen molar-refractivity contribution in [3.63, 3.8) is 0 Å². The third-order valence-electron chi connectivity index (χ3n) is 6.74. The van der Waals surface area contributed by atoms with Crippen LogP contribution in [0.2, 0.25) is 0 Å². The van der Waals surface area contributed by atoms with Crippen molar-refractivity contribution in [2.24, 2.45) is 7.05 Å². The molecule has 2 aliphatic heterocycles. The molecule has 5 nitrogen and oxygen atoms in total. The van der Waals surface area contributed by atoms with E-state index in [0.29, 0.717) is 35.2 Å². The third-order valence-corrected chi connectivity index (χ3v) is 6.74. The largest absolute Gasteiger partial charge is 0.507 e. The quantitative estimate of drug-likeness (QED) is 0.598. The number of ketones is 1. The molecule has 1 atom stereocenters. The molecule has 0 saturated carbocycles. The minimum atomic E-state index is -0.117. The second-order valence-corrected chi connectivity index (χ2v) is 8.86. The fourth-order valence-corrected chi connectivity index (χ4v) is 4.96. The van der Waals surface area contributed by atoms with Crippen LogP contribution < -0.4 is 4.74 Å². The number of carbonyl (C=O) groups is 1. The molecule has 0 bridgehead atoms. The van der Waals surface area contributed by atoms with Gasteiger partial charge < -0.3 is 14.4 Å². The van der Waals surface area contributed by atoms with Crippen molar-refractivity contribution < 1.29 is 14.6 Å². The van der Waals surface area contributed by atoms with Crippen LogP contribution in [0.1, 0.15) is 53.2 Å². The summed E-state index contributed by atoms with van der Waals surface area (Å²) in [6.07, 6.45) is 7.39. The highest BCUT2D eigenvalue weighted by Crippen LogP contribution is 2.43. The van der Waals surface area contributed by atoms with Gasteiger partial charge in [-0.3, -0.25) is 9.69 Å². The van der Waals surface area contributed by atoms with Gasteiger partial charge in [-0.2, -0.15) is 0 Å². The number of nitrogens with zero attached hydrogens (tertiary/aromatic N) is 2. The van der Waals surface area contributed by atoms with Crippen molar-refractivity contribution in [2.75, 3.05) is 6.54 Å². The van der Waals surface area contributed by atoms with E-state index in [1.807, 2.05) is 38.4 Å². The van der Waals surface area contributed by atoms with Gasteiger partial charge in [0.15, 0.2) is 5.76 Å². The molecule has 3 aromatic rings. The number of hydrogen-bond acceptors (Lipinski definition) is 4. The number of carbonyl (C=O) groups excluding carboxylic acids is 1. The van der Waals surface area contributed by atoms with E-state index in [2.05, 4.69) is 28.5 Å². The molecule has 2 aromatic carbocycles. The van der Waals surface area contributed by atoms with Gasteiger partial charge in [0.25, 0.3) is 0 Å². The molecule has 1 saturated heterocycles. The third kappa shape index (κ3) is 3.33. The molecule has 0 spiro atoms. The Hall–Kier alpha value is -3.05. The van der Waals surface area contributed by atoms with Gasteiger partial charge >= 0.3 is 0 Å². The summed E-state index contributed by atoms with van der Waals surface area (Å²) in [7, 11) is 2.00. The average Bonchev–Trinajstić information content (AvgIpc) is 3.24. The molecule has 0 aliphatic carbocycles. The van der Waals surface area contributed by atoms with E-state index in [9.17, 15) is 9.90 Å². The summed E-state index contributed by atoms with van der Waals surface area (Å²) >= 11 is 0. The number of aromatic hydroxyl groups is 1. The molecule has 2 aliphatic rings. The molecular weight excluding hydrogens is 388 g/mol. The van der Waals surface area contributed by atoms with Crippen molar-refractivity contribution in [1.82, 2.24) is 9.47 Å². The van der Waals surface area contributed by atoms with Gasteiger partial charge in [-0.1, -0.05) is 24.6 Å². The predicted molar refractivity (Wildman–Crippen MR) is 122 cm³/mol. The number of benzene rings is 2. The zero-order valence-electron chi connectivity index (χ0n) is 18.3. The highest BCUT2D eigenvalue weighted by atomic mass is 16.5. The fourth-order valence-electron chi connectivity index (χ4n) is 4.96. The number of allylic oxidation sites excluding steroid dienone is 1. The summed E-state index contributed by atoms with van der Waals surface area (Å²) in [5.74, 6) is 0.918. The summed E-state index contributed by atoms with van der Waals surface area (Å²) < 4.78 is 8.22. The Morgan fingerprint density at radius 1 is 1.26 bits per heavy atom. The summed E-state index contributed by atoms with van der Waals surface area (Å²) in [5, 5.41) is 11.8. The molecule has 31 heavy (non-hydrogen) atoms. The van der Waals surface area contributed by atoms with Gasteiger partial charge in [0.2, 0.25) is 5.78 Å². The van der Waals surface area contributed by atoms with Crippen molar-refractivity contribution >= 4 is 22.8 Å². The molecule has 1 aromatic heterocycles. The first-order chi connectivity index (χ1) is 14.9. The van der Waals surface area contributed by atoms with Crippen LogP contribution in [0.15, 0.2) is 42.3 Å². The number of aryl methyl sites for hydroxylation is 2. The Morgan fingerprint density at radius 2 is 2.06 bits per heavy atom. The number of fused-ring (bicyclic) bond motifs is 2. The second kappa shape index (κ2) is 7.57. The zero-order chi connectivity index (χ0) is 21.7. The van der Waals surface area contributed by atoms with Gasteiger partial charge in [0, 0.05) is 42.3 Å². The molecule has 0 radical (unpaired) electrons. The minimum Gasteiger partial charge on any atom is -0.507 e. The lowest BCUT2D eigenvalue weighted by Crippen LogP contribution is -2.36. The minimum absolute atomic E-state index is 0.117. The average molecular weight is 417 g/mol. The molecule has 160 valence electrons. The van der Waals surface area contributed by atoms with Crippen LogP contribution in [0.25, 0.3) is 17.0 Å². The van der Waals surface area contributed by atoms with Crippen LogP contribution in [0.4, 0.5) is 0 Å². The maximum Gasteiger partial charge on any atom is 0.232 e. The number of rotatable bonds is 3. The number of Topliss-reactive ketones (excluding diaryl/α,β-unsaturated/α-hetero) is 1. The number of ether oxygens (including phenoxy) is 1. The van der Waals surface area contributed by atoms with Crippen LogP contribution in [0.5, 0.6) is 11.5 Å². The topological polar surface area (TPSA) is 54.7 Å². The van der Waals surface area contributed by atoms with Crippen LogP contribution in [-0.2, 0) is 13.6 Å². The molecule has 5 heteroatoms. The van der Waals surface area contributed by atoms with Crippen LogP contribution in [0, 0.1) is 6.92 Å². The number of likely N-dealkylation sites (tertiary alicyclic amines) is 1. The van der Waals surface area contributed by atoms with E-state index in [-0.39, 0.29) is 11.5 Å². The van der Waals surface area contributed by atoms with Crippen LogP contribution in [-0.4, -0.2) is 32.9 Å². The van der Waals surface area contributed by atoms with Gasteiger partial charge in [-0.05, 0) is 57.0 Å². The Bertz CT molecular complexity index is 1220. The first-order valence-corrected chi connectivity index (χ1v) is 11.0. The first-order valence-electron chi connectivity index (χ1n) is 11.0. The smallest absolute Gasteiger partial charge is 0.232 e. The van der Waals surface area contributed by atoms with Crippen molar-refractivity contribution in [3.8, 4) is 11.5 Å². The summed E-state index contributed by atoms with van der Waals surface area (Å²) in [6, 6.07) is 10.3. The number of phenols is 1. The van der Waals surface area contributed by atoms with Gasteiger partial charge in [0.05, 0.1) is 11.1 Å². The maximum atomic E-state index is 13.3. The van der Waals surface area contributed by atoms with E-state index >= 15 is 0 Å². The molecule has 0 amide bonds. The van der Waals surface area contributed by atoms with Crippen molar-refractivity contribution in [2.45, 2.75) is 45.7 Å². The van der Waals surface area contributed by atoms with Crippen LogP contribution in [0.3, 0.4) is 0 Å². The van der Waals surface area contributed by atoms with Crippen molar-refractivity contribution in [3.05, 3.63) is 64.5 Å². The lowest BCUT2D eigenvalue weighted by atomic mass is 9.97. The highest BCUT2D eigenvalue weighted by Gasteiger charge is 2.34. The Labute approximate surface area is 182 Å². The number of hydrogen-bond donors (Lipinski definition) is 1. The molecular formula is C26H28N2O3. The van der Waals surface area contributed by atoms with E-state index in [4.69, 9.17) is 4.74 Å². The molecule has 1 N–H and O–H groups in total. The highest BCUT2D eigenvalue weighted by molar-refractivity contribution is 6.16. The lowest BCUT2D eigenvalue weighted by molar-refractivity contribution is 0.101. The van der Waals surface area contributed by atoms with E-state index < -0.39 is 0 Å². The zero-order valence-corrected chi connectivity index (χ0v) is 18.3. The first kappa shape index (κ1) is 19.9. The van der Waals surface area contributed by atoms with Gasteiger partial charge in [-0.25, -0.2) is 0 Å². The molecule has 3 heterocycles. The maximum absolute atomic E-state index is 13.3. The molecule has 5 rings (SSSR count). The lowest BCUT2D eigenvalue weighted by Gasteiger charge is -2.33.